The molecule has 0 atom stereocenters. The Labute approximate surface area is 141 Å². The predicted molar refractivity (Wildman–Crippen MR) is 90.0 cm³/mol. The van der Waals surface area contributed by atoms with Gasteiger partial charge in [-0.2, -0.15) is 5.26 Å². The first-order valence-electron chi connectivity index (χ1n) is 7.06. The molecule has 0 spiro atoms. The van der Waals surface area contributed by atoms with Crippen molar-refractivity contribution in [2.45, 2.75) is 0 Å². The molecule has 5 heteroatoms. The zero-order valence-corrected chi connectivity index (χ0v) is 13.7. The van der Waals surface area contributed by atoms with Gasteiger partial charge in [-0.15, -0.1) is 0 Å². The lowest BCUT2D eigenvalue weighted by molar-refractivity contribution is -0.458. The Morgan fingerprint density at radius 1 is 1.09 bits per heavy atom. The fraction of sp³-hybridized carbons (Fsp3) is 0.111. The predicted octanol–water partition coefficient (Wildman–Crippen LogP) is 0.478. The summed E-state index contributed by atoms with van der Waals surface area (Å²) < 4.78 is 2.01. The number of aromatic nitrogens is 1. The molecule has 23 heavy (non-hydrogen) atoms. The Morgan fingerprint density at radius 2 is 1.78 bits per heavy atom. The number of fused-ring (bicyclic) bond motifs is 1. The van der Waals surface area contributed by atoms with E-state index in [1.165, 1.54) is 0 Å². The number of H-pyrrole nitrogens is 1. The molecule has 2 aromatic carbocycles. The smallest absolute Gasteiger partial charge is 0.188 e. The molecule has 0 saturated carbocycles. The summed E-state index contributed by atoms with van der Waals surface area (Å²) in [6, 6.07) is 17.8. The Bertz CT molecular complexity index is 882. The van der Waals surface area contributed by atoms with Crippen LogP contribution in [0.25, 0.3) is 10.9 Å². The Kier molecular flexibility index (Phi) is 5.05. The summed E-state index contributed by atoms with van der Waals surface area (Å²) in [5.41, 5.74) is 4.76. The molecule has 3 aromatic rings. The first kappa shape index (κ1) is 16.6. The van der Waals surface area contributed by atoms with Crippen molar-refractivity contribution < 1.29 is 17.0 Å². The lowest BCUT2D eigenvalue weighted by atomic mass is 10.2. The van der Waals surface area contributed by atoms with Crippen LogP contribution in [0.15, 0.2) is 48.5 Å². The third kappa shape index (κ3) is 3.53. The average molecular weight is 325 g/mol. The minimum Gasteiger partial charge on any atom is -1.00 e. The Balaban J connectivity index is 0.00000192. The van der Waals surface area contributed by atoms with Crippen molar-refractivity contribution in [1.82, 2.24) is 4.98 Å². The van der Waals surface area contributed by atoms with Crippen molar-refractivity contribution in [3.8, 4) is 6.07 Å². The van der Waals surface area contributed by atoms with E-state index in [-0.39, 0.29) is 12.4 Å². The highest BCUT2D eigenvalue weighted by Crippen LogP contribution is 2.29. The fourth-order valence-electron chi connectivity index (χ4n) is 2.42. The molecule has 0 saturated heterocycles. The van der Waals surface area contributed by atoms with Crippen LogP contribution in [0.3, 0.4) is 0 Å². The Morgan fingerprint density at radius 3 is 2.43 bits per heavy atom. The van der Waals surface area contributed by atoms with Crippen LogP contribution in [0.4, 0.5) is 11.4 Å². The SMILES string of the molecule is C[N+](C)=Cc1[nH]c2ccccc2c1Nc1ccc(C#N)cc1.[Cl-]. The minimum absolute atomic E-state index is 0. The topological polar surface area (TPSA) is 54.6 Å². The van der Waals surface area contributed by atoms with Crippen LogP contribution < -0.4 is 17.7 Å². The number of nitrogens with zero attached hydrogens (tertiary/aromatic N) is 2. The summed E-state index contributed by atoms with van der Waals surface area (Å²) in [5.74, 6) is 0. The monoisotopic (exact) mass is 324 g/mol. The molecule has 0 aliphatic heterocycles. The van der Waals surface area contributed by atoms with Crippen LogP contribution >= 0.6 is 0 Å². The second-order valence-electron chi connectivity index (χ2n) is 5.37. The van der Waals surface area contributed by atoms with E-state index in [1.54, 1.807) is 0 Å². The van der Waals surface area contributed by atoms with Gasteiger partial charge >= 0.3 is 0 Å². The molecule has 0 radical (unpaired) electrons. The van der Waals surface area contributed by atoms with Gasteiger partial charge in [0.25, 0.3) is 0 Å². The van der Waals surface area contributed by atoms with Crippen molar-refractivity contribution in [3.63, 3.8) is 0 Å². The molecule has 1 heterocycles. The van der Waals surface area contributed by atoms with Crippen LogP contribution in [0.2, 0.25) is 0 Å². The maximum absolute atomic E-state index is 8.88. The van der Waals surface area contributed by atoms with Gasteiger partial charge in [-0.25, -0.2) is 4.58 Å². The lowest BCUT2D eigenvalue weighted by Gasteiger charge is -2.06. The van der Waals surface area contributed by atoms with Crippen molar-refractivity contribution in [3.05, 3.63) is 59.8 Å². The van der Waals surface area contributed by atoms with Crippen LogP contribution in [0.5, 0.6) is 0 Å². The highest BCUT2D eigenvalue weighted by molar-refractivity contribution is 6.03. The van der Waals surface area contributed by atoms with E-state index in [1.807, 2.05) is 61.3 Å². The van der Waals surface area contributed by atoms with E-state index in [4.69, 9.17) is 5.26 Å². The minimum atomic E-state index is 0. The van der Waals surface area contributed by atoms with Crippen LogP contribution in [0, 0.1) is 11.3 Å². The number of benzene rings is 2. The Hall–Kier alpha value is -2.77. The summed E-state index contributed by atoms with van der Waals surface area (Å²) in [7, 11) is 3.99. The quantitative estimate of drug-likeness (QED) is 0.544. The number of aromatic amines is 1. The maximum atomic E-state index is 8.88. The molecular formula is C18H17ClN4. The average Bonchev–Trinajstić information content (AvgIpc) is 2.85. The lowest BCUT2D eigenvalue weighted by Crippen LogP contribution is -3.00. The normalized spacial score (nSPS) is 9.78. The number of hydrogen-bond donors (Lipinski definition) is 2. The van der Waals surface area contributed by atoms with E-state index in [2.05, 4.69) is 28.5 Å². The van der Waals surface area contributed by atoms with Gasteiger partial charge in [-0.3, -0.25) is 0 Å². The molecule has 3 rings (SSSR count). The van der Waals surface area contributed by atoms with E-state index >= 15 is 0 Å². The van der Waals surface area contributed by atoms with Crippen molar-refractivity contribution in [2.75, 3.05) is 19.4 Å². The molecular weight excluding hydrogens is 308 g/mol. The number of halogens is 1. The third-order valence-electron chi connectivity index (χ3n) is 3.41. The first-order valence-corrected chi connectivity index (χ1v) is 7.06. The molecule has 0 bridgehead atoms. The number of hydrogen-bond acceptors (Lipinski definition) is 2. The maximum Gasteiger partial charge on any atom is 0.188 e. The number of anilines is 2. The molecule has 0 amide bonds. The van der Waals surface area contributed by atoms with Gasteiger partial charge in [-0.1, -0.05) is 18.2 Å². The van der Waals surface area contributed by atoms with Gasteiger partial charge < -0.3 is 22.7 Å². The molecule has 116 valence electrons. The van der Waals surface area contributed by atoms with Gasteiger partial charge in [0, 0.05) is 16.6 Å². The van der Waals surface area contributed by atoms with E-state index < -0.39 is 0 Å². The second kappa shape index (κ2) is 6.99. The molecule has 4 nitrogen and oxygen atoms in total. The summed E-state index contributed by atoms with van der Waals surface area (Å²) in [6.45, 7) is 0. The molecule has 0 aliphatic carbocycles. The molecule has 0 aliphatic rings. The molecule has 0 fully saturated rings. The second-order valence-corrected chi connectivity index (χ2v) is 5.37. The van der Waals surface area contributed by atoms with Crippen LogP contribution in [-0.4, -0.2) is 29.9 Å². The highest BCUT2D eigenvalue weighted by atomic mass is 35.5. The summed E-state index contributed by atoms with van der Waals surface area (Å²) >= 11 is 0. The van der Waals surface area contributed by atoms with Gasteiger partial charge in [0.15, 0.2) is 6.21 Å². The summed E-state index contributed by atoms with van der Waals surface area (Å²) in [5, 5.41) is 13.5. The number of nitriles is 1. The van der Waals surface area contributed by atoms with E-state index in [9.17, 15) is 0 Å². The van der Waals surface area contributed by atoms with Crippen LogP contribution in [-0.2, 0) is 0 Å². The summed E-state index contributed by atoms with van der Waals surface area (Å²) in [6.07, 6.45) is 2.05. The molecule has 1 aromatic heterocycles. The number of rotatable bonds is 3. The van der Waals surface area contributed by atoms with Gasteiger partial charge in [0.05, 0.1) is 17.3 Å². The van der Waals surface area contributed by atoms with E-state index in [0.29, 0.717) is 5.56 Å². The largest absolute Gasteiger partial charge is 1.00 e. The van der Waals surface area contributed by atoms with Crippen LogP contribution in [0.1, 0.15) is 11.3 Å². The van der Waals surface area contributed by atoms with Gasteiger partial charge in [-0.05, 0) is 30.3 Å². The first-order chi connectivity index (χ1) is 10.7. The van der Waals surface area contributed by atoms with Gasteiger partial charge in [0.2, 0.25) is 0 Å². The fourth-order valence-corrected chi connectivity index (χ4v) is 2.42. The highest BCUT2D eigenvalue weighted by Gasteiger charge is 2.12. The standard InChI is InChI=1S/C18H16N4.ClH/c1-22(2)12-17-18(15-5-3-4-6-16(15)21-17)20-14-9-7-13(11-19)8-10-14;/h3-10,12H,1-2H3,(H,20,21);1H. The zero-order chi connectivity index (χ0) is 15.5. The molecule has 2 N–H and O–H groups in total. The molecule has 0 unspecified atom stereocenters. The van der Waals surface area contributed by atoms with E-state index in [0.717, 1.165) is 28.0 Å². The van der Waals surface area contributed by atoms with Crippen molar-refractivity contribution >= 4 is 28.5 Å². The zero-order valence-electron chi connectivity index (χ0n) is 13.0. The third-order valence-corrected chi connectivity index (χ3v) is 3.41. The summed E-state index contributed by atoms with van der Waals surface area (Å²) in [4.78, 5) is 3.43. The number of nitrogens with one attached hydrogen (secondary N) is 2. The van der Waals surface area contributed by atoms with Crippen molar-refractivity contribution in [1.29, 1.82) is 5.26 Å². The van der Waals surface area contributed by atoms with Gasteiger partial charge in [0.1, 0.15) is 19.8 Å². The van der Waals surface area contributed by atoms with Crippen molar-refractivity contribution in [2.24, 2.45) is 0 Å². The number of para-hydroxylation sites is 1.